The van der Waals surface area contributed by atoms with Gasteiger partial charge in [0.25, 0.3) is 0 Å². The first kappa shape index (κ1) is 16.4. The van der Waals surface area contributed by atoms with E-state index in [4.69, 9.17) is 15.9 Å². The van der Waals surface area contributed by atoms with Crippen molar-refractivity contribution >= 4 is 5.91 Å². The molecule has 0 rings (SSSR count). The van der Waals surface area contributed by atoms with Crippen LogP contribution < -0.4 is 11.1 Å². The van der Waals surface area contributed by atoms with E-state index in [1.165, 1.54) is 0 Å². The van der Waals surface area contributed by atoms with Crippen molar-refractivity contribution in [1.29, 1.82) is 0 Å². The van der Waals surface area contributed by atoms with E-state index in [2.05, 4.69) is 19.2 Å². The first-order valence-electron chi connectivity index (χ1n) is 6.01. The van der Waals surface area contributed by atoms with Crippen molar-refractivity contribution in [3.8, 4) is 0 Å². The maximum Gasteiger partial charge on any atom is 0.220 e. The van der Waals surface area contributed by atoms with Crippen LogP contribution in [0.3, 0.4) is 0 Å². The van der Waals surface area contributed by atoms with Crippen LogP contribution in [0.4, 0.5) is 0 Å². The monoisotopic (exact) mass is 246 g/mol. The lowest BCUT2D eigenvalue weighted by Gasteiger charge is -2.28. The van der Waals surface area contributed by atoms with Crippen LogP contribution in [0.1, 0.15) is 40.0 Å². The Morgan fingerprint density at radius 1 is 1.18 bits per heavy atom. The minimum Gasteiger partial charge on any atom is -0.394 e. The standard InChI is InChI=1S/C12H26N2O3/c1-11(2,6-7-13)5-4-10(17)14-12(3,8-15)9-16/h15-16H,4-9,13H2,1-3H3,(H,14,17). The van der Waals surface area contributed by atoms with E-state index in [1.807, 2.05) is 0 Å². The summed E-state index contributed by atoms with van der Waals surface area (Å²) in [6, 6.07) is 0. The third-order valence-electron chi connectivity index (χ3n) is 2.99. The van der Waals surface area contributed by atoms with Crippen molar-refractivity contribution in [2.75, 3.05) is 19.8 Å². The lowest BCUT2D eigenvalue weighted by Crippen LogP contribution is -2.51. The SMILES string of the molecule is CC(C)(CCN)CCC(=O)NC(C)(CO)CO. The number of carbonyl (C=O) groups is 1. The summed E-state index contributed by atoms with van der Waals surface area (Å²) in [4.78, 5) is 11.7. The molecule has 0 heterocycles. The van der Waals surface area contributed by atoms with Crippen LogP contribution >= 0.6 is 0 Å². The largest absolute Gasteiger partial charge is 0.394 e. The summed E-state index contributed by atoms with van der Waals surface area (Å²) >= 11 is 0. The second-order valence-corrected chi connectivity index (χ2v) is 5.63. The fraction of sp³-hybridized carbons (Fsp3) is 0.917. The Morgan fingerprint density at radius 2 is 1.71 bits per heavy atom. The molecule has 0 saturated carbocycles. The van der Waals surface area contributed by atoms with Gasteiger partial charge in [-0.1, -0.05) is 13.8 Å². The van der Waals surface area contributed by atoms with E-state index in [0.29, 0.717) is 13.0 Å². The van der Waals surface area contributed by atoms with Crippen molar-refractivity contribution in [3.63, 3.8) is 0 Å². The summed E-state index contributed by atoms with van der Waals surface area (Å²) in [5, 5.41) is 20.7. The van der Waals surface area contributed by atoms with Gasteiger partial charge in [-0.15, -0.1) is 0 Å². The van der Waals surface area contributed by atoms with E-state index in [9.17, 15) is 4.79 Å². The van der Waals surface area contributed by atoms with Gasteiger partial charge in [-0.25, -0.2) is 0 Å². The average Bonchev–Trinajstić information content (AvgIpc) is 2.26. The van der Waals surface area contributed by atoms with Crippen LogP contribution in [0.15, 0.2) is 0 Å². The Morgan fingerprint density at radius 3 is 2.12 bits per heavy atom. The van der Waals surface area contributed by atoms with Crippen molar-refractivity contribution in [3.05, 3.63) is 0 Å². The van der Waals surface area contributed by atoms with Gasteiger partial charge in [0, 0.05) is 6.42 Å². The maximum absolute atomic E-state index is 11.7. The third kappa shape index (κ3) is 6.61. The van der Waals surface area contributed by atoms with Gasteiger partial charge in [0.2, 0.25) is 5.91 Å². The summed E-state index contributed by atoms with van der Waals surface area (Å²) < 4.78 is 0. The minimum atomic E-state index is -0.935. The number of hydrogen-bond donors (Lipinski definition) is 4. The molecular weight excluding hydrogens is 220 g/mol. The number of rotatable bonds is 8. The zero-order chi connectivity index (χ0) is 13.5. The van der Waals surface area contributed by atoms with Gasteiger partial charge in [-0.05, 0) is 31.7 Å². The van der Waals surface area contributed by atoms with Gasteiger partial charge >= 0.3 is 0 Å². The molecule has 0 bridgehead atoms. The molecule has 5 heteroatoms. The Bertz CT molecular complexity index is 238. The molecule has 0 unspecified atom stereocenters. The van der Waals surface area contributed by atoms with Crippen molar-refractivity contribution in [2.24, 2.45) is 11.1 Å². The van der Waals surface area contributed by atoms with Crippen molar-refractivity contribution in [1.82, 2.24) is 5.32 Å². The highest BCUT2D eigenvalue weighted by molar-refractivity contribution is 5.76. The molecule has 0 fully saturated rings. The highest BCUT2D eigenvalue weighted by atomic mass is 16.3. The van der Waals surface area contributed by atoms with Crippen LogP contribution in [0.5, 0.6) is 0 Å². The number of aliphatic hydroxyl groups is 2. The van der Waals surface area contributed by atoms with Gasteiger partial charge in [0.1, 0.15) is 0 Å². The van der Waals surface area contributed by atoms with Crippen LogP contribution in [0.25, 0.3) is 0 Å². The number of carbonyl (C=O) groups excluding carboxylic acids is 1. The van der Waals surface area contributed by atoms with E-state index in [-0.39, 0.29) is 24.5 Å². The second kappa shape index (κ2) is 6.93. The molecule has 0 aliphatic carbocycles. The second-order valence-electron chi connectivity index (χ2n) is 5.63. The quantitative estimate of drug-likeness (QED) is 0.485. The predicted molar refractivity (Wildman–Crippen MR) is 67.4 cm³/mol. The molecule has 0 aromatic carbocycles. The molecule has 5 nitrogen and oxygen atoms in total. The van der Waals surface area contributed by atoms with E-state index in [1.54, 1.807) is 6.92 Å². The Balaban J connectivity index is 4.11. The summed E-state index contributed by atoms with van der Waals surface area (Å²) in [6.45, 7) is 5.81. The van der Waals surface area contributed by atoms with Gasteiger partial charge in [-0.2, -0.15) is 0 Å². The highest BCUT2D eigenvalue weighted by Crippen LogP contribution is 2.25. The first-order chi connectivity index (χ1) is 7.78. The lowest BCUT2D eigenvalue weighted by molar-refractivity contribution is -0.124. The molecule has 17 heavy (non-hydrogen) atoms. The zero-order valence-electron chi connectivity index (χ0n) is 11.1. The van der Waals surface area contributed by atoms with Gasteiger partial charge in [0.15, 0.2) is 0 Å². The lowest BCUT2D eigenvalue weighted by atomic mass is 9.84. The van der Waals surface area contributed by atoms with E-state index >= 15 is 0 Å². The minimum absolute atomic E-state index is 0.0426. The molecular formula is C12H26N2O3. The summed E-state index contributed by atoms with van der Waals surface area (Å²) in [7, 11) is 0. The molecule has 0 saturated heterocycles. The molecule has 0 aromatic heterocycles. The van der Waals surface area contributed by atoms with Crippen LogP contribution in [0.2, 0.25) is 0 Å². The Hall–Kier alpha value is -0.650. The molecule has 0 aromatic rings. The maximum atomic E-state index is 11.7. The topological polar surface area (TPSA) is 95.6 Å². The number of aliphatic hydroxyl groups excluding tert-OH is 2. The summed E-state index contributed by atoms with van der Waals surface area (Å²) in [5.41, 5.74) is 4.61. The fourth-order valence-electron chi connectivity index (χ4n) is 1.50. The third-order valence-corrected chi connectivity index (χ3v) is 2.99. The van der Waals surface area contributed by atoms with Crippen LogP contribution in [-0.2, 0) is 4.79 Å². The molecule has 0 spiro atoms. The fourth-order valence-corrected chi connectivity index (χ4v) is 1.50. The summed E-state index contributed by atoms with van der Waals surface area (Å²) in [6.07, 6.45) is 1.99. The predicted octanol–water partition coefficient (Wildman–Crippen LogP) is 0.00110. The van der Waals surface area contributed by atoms with E-state index < -0.39 is 5.54 Å². The van der Waals surface area contributed by atoms with Crippen LogP contribution in [0, 0.1) is 5.41 Å². The number of nitrogens with one attached hydrogen (secondary N) is 1. The molecule has 0 atom stereocenters. The molecule has 102 valence electrons. The average molecular weight is 246 g/mol. The molecule has 0 aliphatic rings. The van der Waals surface area contributed by atoms with Gasteiger partial charge < -0.3 is 21.3 Å². The van der Waals surface area contributed by atoms with Crippen LogP contribution in [-0.4, -0.2) is 41.4 Å². The molecule has 0 radical (unpaired) electrons. The smallest absolute Gasteiger partial charge is 0.220 e. The van der Waals surface area contributed by atoms with Crippen molar-refractivity contribution < 1.29 is 15.0 Å². The highest BCUT2D eigenvalue weighted by Gasteiger charge is 2.25. The summed E-state index contributed by atoms with van der Waals surface area (Å²) in [5.74, 6) is -0.152. The Kier molecular flexibility index (Phi) is 6.67. The number of amides is 1. The Labute approximate surface area is 103 Å². The normalized spacial score (nSPS) is 12.6. The van der Waals surface area contributed by atoms with Crippen molar-refractivity contribution in [2.45, 2.75) is 45.6 Å². The molecule has 5 N–H and O–H groups in total. The number of nitrogens with two attached hydrogens (primary N) is 1. The first-order valence-corrected chi connectivity index (χ1v) is 6.01. The van der Waals surface area contributed by atoms with E-state index in [0.717, 1.165) is 12.8 Å². The molecule has 1 amide bonds. The number of hydrogen-bond acceptors (Lipinski definition) is 4. The zero-order valence-corrected chi connectivity index (χ0v) is 11.1. The molecule has 0 aliphatic heterocycles. The van der Waals surface area contributed by atoms with Gasteiger partial charge in [0.05, 0.1) is 18.8 Å². The van der Waals surface area contributed by atoms with Gasteiger partial charge in [-0.3, -0.25) is 4.79 Å².